The van der Waals surface area contributed by atoms with E-state index in [9.17, 15) is 18.0 Å². The van der Waals surface area contributed by atoms with Gasteiger partial charge in [0.2, 0.25) is 11.8 Å². The molecule has 0 aliphatic carbocycles. The van der Waals surface area contributed by atoms with E-state index in [2.05, 4.69) is 5.32 Å². The third kappa shape index (κ3) is 8.42. The van der Waals surface area contributed by atoms with Gasteiger partial charge in [-0.2, -0.15) is 0 Å². The number of aryl methyl sites for hydroxylation is 1. The number of halogens is 1. The predicted octanol–water partition coefficient (Wildman–Crippen LogP) is 5.58. The van der Waals surface area contributed by atoms with E-state index in [4.69, 9.17) is 21.1 Å². The van der Waals surface area contributed by atoms with Crippen LogP contribution in [0.15, 0.2) is 71.6 Å². The standard InChI is InChI=1S/C32H40ClN3O6S/c1-7-23(4)34-32(38)28(8-2)35(20-24-11-13-25(33)14-12-24)31(37)21-36(29-19-26(41-5)15-18-30(29)42-6)43(39,40)27-16-9-22(3)10-17-27/h9-19,23,28H,7-8,20-21H2,1-6H3,(H,34,38)/t23-,28+/m1/s1. The van der Waals surface area contributed by atoms with Crippen LogP contribution in [-0.2, 0) is 26.2 Å². The number of ether oxygens (including phenoxy) is 2. The van der Waals surface area contributed by atoms with Crippen LogP contribution in [0.1, 0.15) is 44.7 Å². The van der Waals surface area contributed by atoms with Crippen LogP contribution in [0.5, 0.6) is 11.5 Å². The molecule has 1 N–H and O–H groups in total. The first kappa shape index (κ1) is 33.7. The number of sulfonamides is 1. The Balaban J connectivity index is 2.14. The van der Waals surface area contributed by atoms with Gasteiger partial charge < -0.3 is 19.7 Å². The summed E-state index contributed by atoms with van der Waals surface area (Å²) in [4.78, 5) is 29.1. The topological polar surface area (TPSA) is 105 Å². The highest BCUT2D eigenvalue weighted by molar-refractivity contribution is 7.92. The maximum Gasteiger partial charge on any atom is 0.264 e. The zero-order valence-electron chi connectivity index (χ0n) is 25.5. The highest BCUT2D eigenvalue weighted by atomic mass is 35.5. The molecule has 0 aliphatic heterocycles. The second-order valence-electron chi connectivity index (χ2n) is 10.3. The smallest absolute Gasteiger partial charge is 0.264 e. The van der Waals surface area contributed by atoms with Crippen LogP contribution in [0.25, 0.3) is 0 Å². The molecule has 232 valence electrons. The summed E-state index contributed by atoms with van der Waals surface area (Å²) < 4.78 is 40.3. The van der Waals surface area contributed by atoms with Crippen molar-refractivity contribution in [1.82, 2.24) is 10.2 Å². The second-order valence-corrected chi connectivity index (χ2v) is 12.6. The summed E-state index contributed by atoms with van der Waals surface area (Å²) in [6.45, 7) is 6.98. The molecular weight excluding hydrogens is 590 g/mol. The lowest BCUT2D eigenvalue weighted by atomic mass is 10.1. The van der Waals surface area contributed by atoms with Crippen LogP contribution in [0.4, 0.5) is 5.69 Å². The first-order chi connectivity index (χ1) is 20.4. The minimum absolute atomic E-state index is 0.00146. The van der Waals surface area contributed by atoms with Gasteiger partial charge in [0, 0.05) is 23.7 Å². The van der Waals surface area contributed by atoms with E-state index in [1.165, 1.54) is 37.3 Å². The van der Waals surface area contributed by atoms with Crippen molar-refractivity contribution in [3.8, 4) is 11.5 Å². The molecule has 9 nitrogen and oxygen atoms in total. The zero-order valence-corrected chi connectivity index (χ0v) is 27.0. The Morgan fingerprint density at radius 3 is 2.14 bits per heavy atom. The Morgan fingerprint density at radius 2 is 1.58 bits per heavy atom. The van der Waals surface area contributed by atoms with Gasteiger partial charge in [0.1, 0.15) is 24.1 Å². The van der Waals surface area contributed by atoms with Crippen LogP contribution >= 0.6 is 11.6 Å². The van der Waals surface area contributed by atoms with Crippen LogP contribution in [0.2, 0.25) is 5.02 Å². The van der Waals surface area contributed by atoms with Crippen LogP contribution in [-0.4, -0.2) is 58.0 Å². The fraction of sp³-hybridized carbons (Fsp3) is 0.375. The molecule has 0 heterocycles. The summed E-state index contributed by atoms with van der Waals surface area (Å²) >= 11 is 6.09. The summed E-state index contributed by atoms with van der Waals surface area (Å²) in [5.74, 6) is -0.271. The predicted molar refractivity (Wildman–Crippen MR) is 169 cm³/mol. The van der Waals surface area contributed by atoms with E-state index < -0.39 is 28.5 Å². The van der Waals surface area contributed by atoms with Gasteiger partial charge in [0.05, 0.1) is 24.8 Å². The number of rotatable bonds is 14. The molecule has 0 fully saturated rings. The molecule has 0 saturated carbocycles. The number of benzene rings is 3. The first-order valence-corrected chi connectivity index (χ1v) is 15.9. The molecule has 0 bridgehead atoms. The lowest BCUT2D eigenvalue weighted by molar-refractivity contribution is -0.140. The lowest BCUT2D eigenvalue weighted by Gasteiger charge is -2.34. The number of hydrogen-bond donors (Lipinski definition) is 1. The fourth-order valence-electron chi connectivity index (χ4n) is 4.49. The lowest BCUT2D eigenvalue weighted by Crippen LogP contribution is -2.53. The van der Waals surface area contributed by atoms with Gasteiger partial charge in [0.15, 0.2) is 0 Å². The van der Waals surface area contributed by atoms with Crippen molar-refractivity contribution < 1.29 is 27.5 Å². The minimum Gasteiger partial charge on any atom is -0.497 e. The van der Waals surface area contributed by atoms with Crippen molar-refractivity contribution in [3.63, 3.8) is 0 Å². The van der Waals surface area contributed by atoms with E-state index >= 15 is 0 Å². The number of carbonyl (C=O) groups is 2. The molecule has 0 radical (unpaired) electrons. The average Bonchev–Trinajstić information content (AvgIpc) is 3.00. The van der Waals surface area contributed by atoms with E-state index in [-0.39, 0.29) is 34.8 Å². The maximum atomic E-state index is 14.3. The summed E-state index contributed by atoms with van der Waals surface area (Å²) in [5, 5.41) is 3.50. The van der Waals surface area contributed by atoms with Gasteiger partial charge in [0.25, 0.3) is 10.0 Å². The van der Waals surface area contributed by atoms with Crippen LogP contribution < -0.4 is 19.1 Å². The SMILES string of the molecule is CC[C@@H](C)NC(=O)[C@H](CC)N(Cc1ccc(Cl)cc1)C(=O)CN(c1cc(OC)ccc1OC)S(=O)(=O)c1ccc(C)cc1. The van der Waals surface area contributed by atoms with Gasteiger partial charge in [-0.1, -0.05) is 55.3 Å². The molecule has 2 amide bonds. The van der Waals surface area contributed by atoms with Crippen molar-refractivity contribution in [2.24, 2.45) is 0 Å². The minimum atomic E-state index is -4.28. The quantitative estimate of drug-likeness (QED) is 0.250. The molecule has 0 saturated heterocycles. The summed E-state index contributed by atoms with van der Waals surface area (Å²) in [6.07, 6.45) is 1.03. The van der Waals surface area contributed by atoms with E-state index in [1.54, 1.807) is 48.5 Å². The molecule has 11 heteroatoms. The van der Waals surface area contributed by atoms with Crippen molar-refractivity contribution in [2.45, 2.75) is 64.1 Å². The molecule has 3 aromatic rings. The molecule has 3 rings (SSSR count). The summed E-state index contributed by atoms with van der Waals surface area (Å²) in [6, 6.07) is 17.1. The Labute approximate surface area is 259 Å². The number of methoxy groups -OCH3 is 2. The van der Waals surface area contributed by atoms with Crippen molar-refractivity contribution in [3.05, 3.63) is 82.9 Å². The zero-order chi connectivity index (χ0) is 31.7. The number of amides is 2. The highest BCUT2D eigenvalue weighted by Gasteiger charge is 2.35. The van der Waals surface area contributed by atoms with Crippen molar-refractivity contribution in [2.75, 3.05) is 25.1 Å². The Hall–Kier alpha value is -3.76. The summed E-state index contributed by atoms with van der Waals surface area (Å²) in [7, 11) is -1.40. The molecule has 0 aromatic heterocycles. The third-order valence-electron chi connectivity index (χ3n) is 7.20. The largest absolute Gasteiger partial charge is 0.497 e. The first-order valence-electron chi connectivity index (χ1n) is 14.1. The number of nitrogens with one attached hydrogen (secondary N) is 1. The van der Waals surface area contributed by atoms with Gasteiger partial charge >= 0.3 is 0 Å². The normalized spacial score (nSPS) is 12.6. The molecule has 0 aliphatic rings. The van der Waals surface area contributed by atoms with Crippen LogP contribution in [0.3, 0.4) is 0 Å². The van der Waals surface area contributed by atoms with Crippen molar-refractivity contribution >= 4 is 39.1 Å². The second kappa shape index (κ2) is 15.1. The molecule has 2 atom stereocenters. The number of hydrogen-bond acceptors (Lipinski definition) is 6. The van der Waals surface area contributed by atoms with Gasteiger partial charge in [-0.05, 0) is 68.7 Å². The Morgan fingerprint density at radius 1 is 0.930 bits per heavy atom. The van der Waals surface area contributed by atoms with Crippen LogP contribution in [0, 0.1) is 6.92 Å². The van der Waals surface area contributed by atoms with E-state index in [1.807, 2.05) is 27.7 Å². The molecular formula is C32H40ClN3O6S. The Bertz CT molecular complexity index is 1500. The number of nitrogens with zero attached hydrogens (tertiary/aromatic N) is 2. The highest BCUT2D eigenvalue weighted by Crippen LogP contribution is 2.36. The van der Waals surface area contributed by atoms with Crippen molar-refractivity contribution in [1.29, 1.82) is 0 Å². The van der Waals surface area contributed by atoms with Gasteiger partial charge in [-0.3, -0.25) is 13.9 Å². The number of carbonyl (C=O) groups excluding carboxylic acids is 2. The monoisotopic (exact) mass is 629 g/mol. The summed E-state index contributed by atoms with van der Waals surface area (Å²) in [5.41, 5.74) is 1.74. The van der Waals surface area contributed by atoms with Gasteiger partial charge in [-0.15, -0.1) is 0 Å². The third-order valence-corrected chi connectivity index (χ3v) is 9.22. The Kier molecular flexibility index (Phi) is 11.9. The molecule has 43 heavy (non-hydrogen) atoms. The fourth-order valence-corrected chi connectivity index (χ4v) is 6.03. The maximum absolute atomic E-state index is 14.3. The average molecular weight is 630 g/mol. The van der Waals surface area contributed by atoms with Gasteiger partial charge in [-0.25, -0.2) is 8.42 Å². The van der Waals surface area contributed by atoms with E-state index in [0.717, 1.165) is 15.4 Å². The number of anilines is 1. The van der Waals surface area contributed by atoms with E-state index in [0.29, 0.717) is 23.6 Å². The molecule has 0 spiro atoms. The molecule has 3 aromatic carbocycles. The molecule has 0 unspecified atom stereocenters.